The quantitative estimate of drug-likeness (QED) is 0.939. The molecule has 0 bridgehead atoms. The largest absolute Gasteiger partial charge is 0.380 e. The van der Waals surface area contributed by atoms with E-state index in [1.165, 1.54) is 12.8 Å². The molecule has 0 aliphatic carbocycles. The summed E-state index contributed by atoms with van der Waals surface area (Å²) in [5, 5.41) is 4.40. The summed E-state index contributed by atoms with van der Waals surface area (Å²) in [7, 11) is 0. The van der Waals surface area contributed by atoms with Crippen molar-refractivity contribution in [2.45, 2.75) is 25.8 Å². The van der Waals surface area contributed by atoms with Gasteiger partial charge in [0.15, 0.2) is 0 Å². The molecular formula is C16H21ClN4. The van der Waals surface area contributed by atoms with E-state index in [9.17, 15) is 0 Å². The first-order valence-corrected chi connectivity index (χ1v) is 7.91. The third-order valence-electron chi connectivity index (χ3n) is 4.14. The molecule has 1 fully saturated rings. The SMILES string of the molecule is CCN1CCC(Nc2cccc(Cl)c2-n2ccnc2)CC1. The zero-order valence-electron chi connectivity index (χ0n) is 12.3. The Balaban J connectivity index is 1.79. The van der Waals surface area contributed by atoms with Gasteiger partial charge in [-0.05, 0) is 31.5 Å². The lowest BCUT2D eigenvalue weighted by Gasteiger charge is -2.32. The first kappa shape index (κ1) is 14.4. The highest BCUT2D eigenvalue weighted by Crippen LogP contribution is 2.30. The minimum absolute atomic E-state index is 0.508. The van der Waals surface area contributed by atoms with Crippen LogP contribution in [0.1, 0.15) is 19.8 Å². The molecule has 0 amide bonds. The van der Waals surface area contributed by atoms with E-state index in [0.717, 1.165) is 36.0 Å². The normalized spacial score (nSPS) is 17.0. The van der Waals surface area contributed by atoms with Crippen LogP contribution in [0.4, 0.5) is 5.69 Å². The number of anilines is 1. The van der Waals surface area contributed by atoms with Crippen LogP contribution in [0.15, 0.2) is 36.9 Å². The van der Waals surface area contributed by atoms with Crippen molar-refractivity contribution in [2.75, 3.05) is 25.0 Å². The second-order valence-electron chi connectivity index (χ2n) is 5.46. The molecule has 1 aromatic carbocycles. The second kappa shape index (κ2) is 6.50. The summed E-state index contributed by atoms with van der Waals surface area (Å²) in [6.45, 7) is 5.69. The number of piperidine rings is 1. The molecule has 1 aliphatic heterocycles. The number of aromatic nitrogens is 2. The molecule has 2 heterocycles. The number of hydrogen-bond donors (Lipinski definition) is 1. The molecule has 1 aliphatic rings. The number of likely N-dealkylation sites (tertiary alicyclic amines) is 1. The smallest absolute Gasteiger partial charge is 0.0992 e. The van der Waals surface area contributed by atoms with Gasteiger partial charge in [0, 0.05) is 31.5 Å². The van der Waals surface area contributed by atoms with Crippen molar-refractivity contribution in [1.82, 2.24) is 14.5 Å². The van der Waals surface area contributed by atoms with Crippen molar-refractivity contribution < 1.29 is 0 Å². The monoisotopic (exact) mass is 304 g/mol. The lowest BCUT2D eigenvalue weighted by atomic mass is 10.0. The van der Waals surface area contributed by atoms with Crippen molar-refractivity contribution in [3.05, 3.63) is 41.9 Å². The molecule has 2 aromatic rings. The molecule has 0 atom stereocenters. The Morgan fingerprint density at radius 3 is 2.81 bits per heavy atom. The van der Waals surface area contributed by atoms with Crippen molar-refractivity contribution in [1.29, 1.82) is 0 Å². The fourth-order valence-corrected chi connectivity index (χ4v) is 3.17. The van der Waals surface area contributed by atoms with Crippen LogP contribution in [0.25, 0.3) is 5.69 Å². The Bertz CT molecular complexity index is 574. The van der Waals surface area contributed by atoms with Gasteiger partial charge in [-0.25, -0.2) is 4.98 Å². The predicted octanol–water partition coefficient (Wildman–Crippen LogP) is 3.42. The average molecular weight is 305 g/mol. The lowest BCUT2D eigenvalue weighted by Crippen LogP contribution is -2.39. The number of imidazole rings is 1. The molecule has 1 N–H and O–H groups in total. The van der Waals surface area contributed by atoms with Gasteiger partial charge in [0.2, 0.25) is 0 Å². The molecule has 1 aromatic heterocycles. The van der Waals surface area contributed by atoms with Crippen LogP contribution in [-0.2, 0) is 0 Å². The maximum atomic E-state index is 6.39. The minimum Gasteiger partial charge on any atom is -0.380 e. The first-order chi connectivity index (χ1) is 10.3. The van der Waals surface area contributed by atoms with E-state index in [0.29, 0.717) is 6.04 Å². The Morgan fingerprint density at radius 2 is 2.14 bits per heavy atom. The molecule has 3 rings (SSSR count). The van der Waals surface area contributed by atoms with Gasteiger partial charge in [-0.3, -0.25) is 0 Å². The third-order valence-corrected chi connectivity index (χ3v) is 4.45. The summed E-state index contributed by atoms with van der Waals surface area (Å²) in [5.41, 5.74) is 2.06. The Kier molecular flexibility index (Phi) is 4.46. The summed E-state index contributed by atoms with van der Waals surface area (Å²) in [6, 6.07) is 6.51. The molecule has 0 radical (unpaired) electrons. The molecular weight excluding hydrogens is 284 g/mol. The van der Waals surface area contributed by atoms with Gasteiger partial charge in [0.05, 0.1) is 22.7 Å². The lowest BCUT2D eigenvalue weighted by molar-refractivity contribution is 0.229. The van der Waals surface area contributed by atoms with E-state index in [1.807, 2.05) is 22.9 Å². The maximum absolute atomic E-state index is 6.39. The van der Waals surface area contributed by atoms with Crippen molar-refractivity contribution in [2.24, 2.45) is 0 Å². The minimum atomic E-state index is 0.508. The molecule has 0 unspecified atom stereocenters. The van der Waals surface area contributed by atoms with Gasteiger partial charge in [-0.2, -0.15) is 0 Å². The third kappa shape index (κ3) is 3.22. The van der Waals surface area contributed by atoms with Crippen LogP contribution in [0.3, 0.4) is 0 Å². The van der Waals surface area contributed by atoms with E-state index in [-0.39, 0.29) is 0 Å². The molecule has 5 heteroatoms. The van der Waals surface area contributed by atoms with Gasteiger partial charge in [0.1, 0.15) is 0 Å². The fraction of sp³-hybridized carbons (Fsp3) is 0.438. The fourth-order valence-electron chi connectivity index (χ4n) is 2.90. The predicted molar refractivity (Wildman–Crippen MR) is 87.3 cm³/mol. The highest BCUT2D eigenvalue weighted by molar-refractivity contribution is 6.33. The van der Waals surface area contributed by atoms with Crippen LogP contribution < -0.4 is 5.32 Å². The van der Waals surface area contributed by atoms with Crippen molar-refractivity contribution in [3.63, 3.8) is 0 Å². The zero-order chi connectivity index (χ0) is 14.7. The number of hydrogen-bond acceptors (Lipinski definition) is 3. The number of rotatable bonds is 4. The summed E-state index contributed by atoms with van der Waals surface area (Å²) < 4.78 is 1.96. The van der Waals surface area contributed by atoms with Crippen molar-refractivity contribution in [3.8, 4) is 5.69 Å². The number of halogens is 1. The van der Waals surface area contributed by atoms with Crippen LogP contribution in [0, 0.1) is 0 Å². The highest BCUT2D eigenvalue weighted by Gasteiger charge is 2.19. The topological polar surface area (TPSA) is 33.1 Å². The van der Waals surface area contributed by atoms with Crippen LogP contribution >= 0.6 is 11.6 Å². The standard InChI is InChI=1S/C16H21ClN4/c1-2-20-9-6-13(7-10-20)19-15-5-3-4-14(17)16(15)21-11-8-18-12-21/h3-5,8,11-13,19H,2,6-7,9-10H2,1H3. The van der Waals surface area contributed by atoms with Crippen LogP contribution in [0.2, 0.25) is 5.02 Å². The van der Waals surface area contributed by atoms with E-state index in [2.05, 4.69) is 28.2 Å². The second-order valence-corrected chi connectivity index (χ2v) is 5.87. The summed E-state index contributed by atoms with van der Waals surface area (Å²) in [4.78, 5) is 6.61. The summed E-state index contributed by atoms with van der Waals surface area (Å²) in [5.74, 6) is 0. The van der Waals surface area contributed by atoms with Gasteiger partial charge < -0.3 is 14.8 Å². The molecule has 1 saturated heterocycles. The highest BCUT2D eigenvalue weighted by atomic mass is 35.5. The van der Waals surface area contributed by atoms with E-state index in [4.69, 9.17) is 11.6 Å². The maximum Gasteiger partial charge on any atom is 0.0992 e. The summed E-state index contributed by atoms with van der Waals surface area (Å²) >= 11 is 6.39. The number of para-hydroxylation sites is 1. The van der Waals surface area contributed by atoms with E-state index < -0.39 is 0 Å². The number of nitrogens with zero attached hydrogens (tertiary/aromatic N) is 3. The Labute approximate surface area is 130 Å². The summed E-state index contributed by atoms with van der Waals surface area (Å²) in [6.07, 6.45) is 7.82. The first-order valence-electron chi connectivity index (χ1n) is 7.53. The van der Waals surface area contributed by atoms with E-state index >= 15 is 0 Å². The van der Waals surface area contributed by atoms with Gasteiger partial charge in [-0.15, -0.1) is 0 Å². The molecule has 112 valence electrons. The Morgan fingerprint density at radius 1 is 1.33 bits per heavy atom. The molecule has 0 spiro atoms. The molecule has 0 saturated carbocycles. The van der Waals surface area contributed by atoms with Crippen LogP contribution in [0.5, 0.6) is 0 Å². The molecule has 4 nitrogen and oxygen atoms in total. The van der Waals surface area contributed by atoms with Crippen LogP contribution in [-0.4, -0.2) is 40.1 Å². The molecule has 21 heavy (non-hydrogen) atoms. The average Bonchev–Trinajstić information content (AvgIpc) is 3.02. The van der Waals surface area contributed by atoms with Crippen molar-refractivity contribution >= 4 is 17.3 Å². The number of nitrogens with one attached hydrogen (secondary N) is 1. The number of benzene rings is 1. The van der Waals surface area contributed by atoms with E-state index in [1.54, 1.807) is 12.5 Å². The Hall–Kier alpha value is -1.52. The van der Waals surface area contributed by atoms with Gasteiger partial charge in [-0.1, -0.05) is 24.6 Å². The zero-order valence-corrected chi connectivity index (χ0v) is 13.1. The van der Waals surface area contributed by atoms with Gasteiger partial charge in [0.25, 0.3) is 0 Å². The van der Waals surface area contributed by atoms with Gasteiger partial charge >= 0.3 is 0 Å².